The van der Waals surface area contributed by atoms with Gasteiger partial charge in [-0.05, 0) is 54.2 Å². The molecular formula is C17H24FIN4S. The number of nitrogens with zero attached hydrogens (tertiary/aromatic N) is 2. The third kappa shape index (κ3) is 6.74. The topological polar surface area (TPSA) is 39.7 Å². The smallest absolute Gasteiger partial charge is 0.191 e. The highest BCUT2D eigenvalue weighted by Gasteiger charge is 2.06. The van der Waals surface area contributed by atoms with Gasteiger partial charge in [0.15, 0.2) is 5.96 Å². The summed E-state index contributed by atoms with van der Waals surface area (Å²) in [6.07, 6.45) is 0. The standard InChI is InChI=1S/C17H23FN4S.HI/c1-19-17(21-10-14-6-7-23-12-14)20-9-13-4-5-16(18)15(8-13)11-22(2)3;/h4-8,12H,9-11H2,1-3H3,(H2,19,20,21);1H. The molecule has 0 aliphatic rings. The summed E-state index contributed by atoms with van der Waals surface area (Å²) in [7, 11) is 5.60. The summed E-state index contributed by atoms with van der Waals surface area (Å²) in [5.74, 6) is 0.567. The molecule has 0 radical (unpaired) electrons. The summed E-state index contributed by atoms with van der Waals surface area (Å²) in [4.78, 5) is 6.16. The number of guanidine groups is 1. The number of hydrogen-bond acceptors (Lipinski definition) is 3. The van der Waals surface area contributed by atoms with E-state index < -0.39 is 0 Å². The van der Waals surface area contributed by atoms with E-state index in [1.54, 1.807) is 24.5 Å². The summed E-state index contributed by atoms with van der Waals surface area (Å²) in [5, 5.41) is 10.7. The molecule has 1 aromatic heterocycles. The van der Waals surface area contributed by atoms with E-state index >= 15 is 0 Å². The van der Waals surface area contributed by atoms with Crippen molar-refractivity contribution in [2.24, 2.45) is 4.99 Å². The first-order valence-electron chi connectivity index (χ1n) is 7.46. The lowest BCUT2D eigenvalue weighted by molar-refractivity contribution is 0.392. The Balaban J connectivity index is 0.00000288. The van der Waals surface area contributed by atoms with Crippen molar-refractivity contribution < 1.29 is 4.39 Å². The predicted molar refractivity (Wildman–Crippen MR) is 111 cm³/mol. The molecule has 0 saturated heterocycles. The molecular weight excluding hydrogens is 438 g/mol. The van der Waals surface area contributed by atoms with Gasteiger partial charge in [-0.25, -0.2) is 4.39 Å². The van der Waals surface area contributed by atoms with E-state index in [0.717, 1.165) is 18.1 Å². The van der Waals surface area contributed by atoms with Crippen molar-refractivity contribution in [1.82, 2.24) is 15.5 Å². The maximum absolute atomic E-state index is 13.8. The van der Waals surface area contributed by atoms with E-state index in [1.807, 2.05) is 25.1 Å². The average molecular weight is 462 g/mol. The Morgan fingerprint density at radius 1 is 1.17 bits per heavy atom. The SMILES string of the molecule is CN=C(NCc1ccsc1)NCc1ccc(F)c(CN(C)C)c1.I. The lowest BCUT2D eigenvalue weighted by atomic mass is 10.1. The van der Waals surface area contributed by atoms with Gasteiger partial charge in [0.1, 0.15) is 5.82 Å². The van der Waals surface area contributed by atoms with E-state index in [4.69, 9.17) is 0 Å². The van der Waals surface area contributed by atoms with Gasteiger partial charge in [0.2, 0.25) is 0 Å². The molecule has 24 heavy (non-hydrogen) atoms. The molecule has 4 nitrogen and oxygen atoms in total. The molecule has 0 saturated carbocycles. The van der Waals surface area contributed by atoms with Crippen LogP contribution in [0.25, 0.3) is 0 Å². The summed E-state index contributed by atoms with van der Waals surface area (Å²) in [6.45, 7) is 1.92. The largest absolute Gasteiger partial charge is 0.352 e. The van der Waals surface area contributed by atoms with Gasteiger partial charge >= 0.3 is 0 Å². The number of aliphatic imine (C=N–C) groups is 1. The third-order valence-corrected chi connectivity index (χ3v) is 4.05. The molecule has 7 heteroatoms. The Morgan fingerprint density at radius 3 is 2.46 bits per heavy atom. The van der Waals surface area contributed by atoms with Gasteiger partial charge < -0.3 is 15.5 Å². The Hall–Kier alpha value is -1.19. The highest BCUT2D eigenvalue weighted by Crippen LogP contribution is 2.12. The molecule has 0 bridgehead atoms. The highest BCUT2D eigenvalue weighted by molar-refractivity contribution is 14.0. The molecule has 2 N–H and O–H groups in total. The first kappa shape index (κ1) is 20.9. The fraction of sp³-hybridized carbons (Fsp3) is 0.353. The minimum atomic E-state index is -0.164. The fourth-order valence-electron chi connectivity index (χ4n) is 2.19. The van der Waals surface area contributed by atoms with Crippen LogP contribution in [0.5, 0.6) is 0 Å². The van der Waals surface area contributed by atoms with Crippen LogP contribution in [-0.4, -0.2) is 32.0 Å². The molecule has 0 aliphatic carbocycles. The predicted octanol–water partition coefficient (Wildman–Crippen LogP) is 3.43. The third-order valence-electron chi connectivity index (χ3n) is 3.32. The molecule has 2 rings (SSSR count). The van der Waals surface area contributed by atoms with E-state index in [0.29, 0.717) is 18.7 Å². The zero-order valence-corrected chi connectivity index (χ0v) is 17.3. The number of halogens is 2. The monoisotopic (exact) mass is 462 g/mol. The summed E-state index contributed by atoms with van der Waals surface area (Å²) >= 11 is 1.68. The minimum absolute atomic E-state index is 0. The lowest BCUT2D eigenvalue weighted by Crippen LogP contribution is -2.36. The second-order valence-corrected chi connectivity index (χ2v) is 6.35. The van der Waals surface area contributed by atoms with Crippen molar-refractivity contribution >= 4 is 41.3 Å². The molecule has 0 unspecified atom stereocenters. The van der Waals surface area contributed by atoms with Crippen LogP contribution in [0, 0.1) is 5.82 Å². The highest BCUT2D eigenvalue weighted by atomic mass is 127. The van der Waals surface area contributed by atoms with Crippen LogP contribution in [0.4, 0.5) is 4.39 Å². The quantitative estimate of drug-likeness (QED) is 0.393. The van der Waals surface area contributed by atoms with Crippen LogP contribution >= 0.6 is 35.3 Å². The van der Waals surface area contributed by atoms with Crippen molar-refractivity contribution in [3.8, 4) is 0 Å². The molecule has 0 aliphatic heterocycles. The number of thiophene rings is 1. The van der Waals surface area contributed by atoms with Gasteiger partial charge in [-0.2, -0.15) is 11.3 Å². The maximum atomic E-state index is 13.8. The first-order chi connectivity index (χ1) is 11.1. The van der Waals surface area contributed by atoms with Gasteiger partial charge in [-0.3, -0.25) is 4.99 Å². The molecule has 2 aromatic rings. The van der Waals surface area contributed by atoms with Gasteiger partial charge in [-0.15, -0.1) is 24.0 Å². The van der Waals surface area contributed by atoms with Gasteiger partial charge in [0.25, 0.3) is 0 Å². The number of rotatable bonds is 6. The lowest BCUT2D eigenvalue weighted by Gasteiger charge is -2.14. The van der Waals surface area contributed by atoms with Crippen LogP contribution < -0.4 is 10.6 Å². The molecule has 0 atom stereocenters. The second-order valence-electron chi connectivity index (χ2n) is 5.57. The number of hydrogen-bond donors (Lipinski definition) is 2. The van der Waals surface area contributed by atoms with Crippen LogP contribution in [0.1, 0.15) is 16.7 Å². The molecule has 1 aromatic carbocycles. The van der Waals surface area contributed by atoms with Crippen LogP contribution in [0.3, 0.4) is 0 Å². The normalized spacial score (nSPS) is 11.3. The van der Waals surface area contributed by atoms with Crippen LogP contribution in [0.15, 0.2) is 40.0 Å². The maximum Gasteiger partial charge on any atom is 0.191 e. The van der Waals surface area contributed by atoms with E-state index in [-0.39, 0.29) is 29.8 Å². The zero-order chi connectivity index (χ0) is 16.7. The van der Waals surface area contributed by atoms with E-state index in [1.165, 1.54) is 11.6 Å². The molecule has 1 heterocycles. The van der Waals surface area contributed by atoms with Gasteiger partial charge in [0, 0.05) is 32.2 Å². The average Bonchev–Trinajstić information content (AvgIpc) is 3.03. The molecule has 132 valence electrons. The Labute approximate surface area is 164 Å². The van der Waals surface area contributed by atoms with Crippen molar-refractivity contribution in [2.75, 3.05) is 21.1 Å². The van der Waals surface area contributed by atoms with Crippen molar-refractivity contribution in [3.05, 3.63) is 57.5 Å². The molecule has 0 amide bonds. The Bertz CT molecular complexity index is 644. The number of nitrogens with one attached hydrogen (secondary N) is 2. The molecule has 0 spiro atoms. The van der Waals surface area contributed by atoms with Crippen molar-refractivity contribution in [1.29, 1.82) is 0 Å². The fourth-order valence-corrected chi connectivity index (χ4v) is 2.85. The second kappa shape index (κ2) is 10.6. The van der Waals surface area contributed by atoms with Crippen molar-refractivity contribution in [3.63, 3.8) is 0 Å². The van der Waals surface area contributed by atoms with Crippen LogP contribution in [-0.2, 0) is 19.6 Å². The Kier molecular flexibility index (Phi) is 9.24. The zero-order valence-electron chi connectivity index (χ0n) is 14.2. The Morgan fingerprint density at radius 2 is 1.88 bits per heavy atom. The van der Waals surface area contributed by atoms with Gasteiger partial charge in [-0.1, -0.05) is 6.07 Å². The van der Waals surface area contributed by atoms with E-state index in [2.05, 4.69) is 32.5 Å². The summed E-state index contributed by atoms with van der Waals surface area (Å²) in [6, 6.07) is 7.30. The summed E-state index contributed by atoms with van der Waals surface area (Å²) in [5.41, 5.74) is 2.96. The first-order valence-corrected chi connectivity index (χ1v) is 8.40. The van der Waals surface area contributed by atoms with Gasteiger partial charge in [0.05, 0.1) is 0 Å². The summed E-state index contributed by atoms with van der Waals surface area (Å²) < 4.78 is 13.8. The van der Waals surface area contributed by atoms with Crippen LogP contribution in [0.2, 0.25) is 0 Å². The molecule has 0 fully saturated rings. The van der Waals surface area contributed by atoms with E-state index in [9.17, 15) is 4.39 Å². The number of benzene rings is 1. The van der Waals surface area contributed by atoms with Crippen molar-refractivity contribution in [2.45, 2.75) is 19.6 Å². The minimum Gasteiger partial charge on any atom is -0.352 e.